The predicted octanol–water partition coefficient (Wildman–Crippen LogP) is 6.08. The number of benzene rings is 4. The summed E-state index contributed by atoms with van der Waals surface area (Å²) >= 11 is 0. The Kier molecular flexibility index (Phi) is 11.1. The zero-order valence-electron chi connectivity index (χ0n) is 25.8. The summed E-state index contributed by atoms with van der Waals surface area (Å²) < 4.78 is 57.2. The molecule has 0 spiro atoms. The number of fused-ring (bicyclic) bond motifs is 1. The van der Waals surface area contributed by atoms with Crippen molar-refractivity contribution in [2.45, 2.75) is 62.2 Å². The lowest BCUT2D eigenvalue weighted by molar-refractivity contribution is -0.136. The van der Waals surface area contributed by atoms with E-state index in [0.29, 0.717) is 0 Å². The van der Waals surface area contributed by atoms with Gasteiger partial charge in [0.2, 0.25) is 0 Å². The third-order valence-electron chi connectivity index (χ3n) is 7.63. The summed E-state index contributed by atoms with van der Waals surface area (Å²) in [5.41, 5.74) is 1.92. The first-order valence-corrected chi connectivity index (χ1v) is 18.0. The molecule has 4 aromatic carbocycles. The molecule has 2 N–H and O–H groups in total. The number of nitrogens with zero attached hydrogens (tertiary/aromatic N) is 2. The number of hydrogen-bond acceptors (Lipinski definition) is 6. The number of sulfonamides is 2. The van der Waals surface area contributed by atoms with Crippen LogP contribution in [0.4, 0.5) is 11.4 Å². The van der Waals surface area contributed by atoms with Crippen molar-refractivity contribution in [3.8, 4) is 0 Å². The number of rotatable bonds is 16. The molecule has 0 heterocycles. The van der Waals surface area contributed by atoms with Crippen molar-refractivity contribution < 1.29 is 36.6 Å². The number of carbonyl (C=O) groups is 2. The van der Waals surface area contributed by atoms with E-state index in [1.807, 2.05) is 0 Å². The van der Waals surface area contributed by atoms with Gasteiger partial charge in [0.25, 0.3) is 20.0 Å². The second kappa shape index (κ2) is 14.8. The van der Waals surface area contributed by atoms with Gasteiger partial charge in [0.15, 0.2) is 0 Å². The Labute approximate surface area is 270 Å². The second-order valence-corrected chi connectivity index (χ2v) is 14.7. The number of unbranched alkanes of at least 4 members (excludes halogenated alkanes) is 2. The van der Waals surface area contributed by atoms with Crippen LogP contribution in [0, 0.1) is 0 Å². The fraction of sp³-hybridized carbons (Fsp3) is 0.294. The van der Waals surface area contributed by atoms with E-state index in [2.05, 4.69) is 13.8 Å². The predicted molar refractivity (Wildman–Crippen MR) is 178 cm³/mol. The van der Waals surface area contributed by atoms with Gasteiger partial charge < -0.3 is 10.2 Å². The van der Waals surface area contributed by atoms with Crippen molar-refractivity contribution in [2.75, 3.05) is 21.7 Å². The van der Waals surface area contributed by atoms with E-state index in [9.17, 15) is 36.6 Å². The zero-order valence-corrected chi connectivity index (χ0v) is 27.4. The molecule has 4 rings (SSSR count). The Morgan fingerprint density at radius 1 is 0.565 bits per heavy atom. The highest BCUT2D eigenvalue weighted by molar-refractivity contribution is 7.93. The van der Waals surface area contributed by atoms with Crippen LogP contribution in [0.2, 0.25) is 0 Å². The molecule has 0 atom stereocenters. The lowest BCUT2D eigenvalue weighted by Crippen LogP contribution is -2.37. The molecule has 0 radical (unpaired) electrons. The minimum Gasteiger partial charge on any atom is -0.480 e. The van der Waals surface area contributed by atoms with Crippen LogP contribution in [0.3, 0.4) is 0 Å². The zero-order chi connectivity index (χ0) is 33.5. The van der Waals surface area contributed by atoms with Crippen molar-refractivity contribution in [1.82, 2.24) is 0 Å². The fourth-order valence-electron chi connectivity index (χ4n) is 5.22. The maximum atomic E-state index is 13.9. The van der Waals surface area contributed by atoms with Crippen LogP contribution < -0.4 is 8.61 Å². The summed E-state index contributed by atoms with van der Waals surface area (Å²) in [7, 11) is -8.77. The minimum absolute atomic E-state index is 0.00441. The van der Waals surface area contributed by atoms with E-state index in [1.54, 1.807) is 48.5 Å². The van der Waals surface area contributed by atoms with E-state index >= 15 is 0 Å². The maximum Gasteiger partial charge on any atom is 0.324 e. The van der Waals surface area contributed by atoms with Gasteiger partial charge in [0, 0.05) is 10.8 Å². The molecule has 0 unspecified atom stereocenters. The SMILES string of the molecule is CCCCc1ccc(S(=O)(=O)N(CC(=O)O)c2ccc(N(CC(=O)O)S(=O)(=O)c3ccc(CCCC)cc3)c3ccccc23)cc1. The van der Waals surface area contributed by atoms with Gasteiger partial charge >= 0.3 is 11.9 Å². The quantitative estimate of drug-likeness (QED) is 0.146. The minimum atomic E-state index is -4.39. The number of carboxylic acids is 2. The summed E-state index contributed by atoms with van der Waals surface area (Å²) in [6, 6.07) is 21.5. The van der Waals surface area contributed by atoms with Crippen LogP contribution in [-0.4, -0.2) is 52.1 Å². The van der Waals surface area contributed by atoms with Crippen LogP contribution in [0.25, 0.3) is 10.8 Å². The van der Waals surface area contributed by atoms with Gasteiger partial charge in [-0.15, -0.1) is 0 Å². The Balaban J connectivity index is 1.84. The maximum absolute atomic E-state index is 13.9. The van der Waals surface area contributed by atoms with Gasteiger partial charge in [-0.1, -0.05) is 75.2 Å². The van der Waals surface area contributed by atoms with Gasteiger partial charge in [0.1, 0.15) is 13.1 Å². The van der Waals surface area contributed by atoms with Crippen molar-refractivity contribution in [3.05, 3.63) is 96.1 Å². The summed E-state index contributed by atoms with van der Waals surface area (Å²) in [5.74, 6) is -2.79. The number of carboxylic acid groups (broad SMARTS) is 2. The summed E-state index contributed by atoms with van der Waals surface area (Å²) in [6.45, 7) is 2.32. The van der Waals surface area contributed by atoms with Crippen molar-refractivity contribution in [2.24, 2.45) is 0 Å². The molecule has 0 bridgehead atoms. The Morgan fingerprint density at radius 3 is 1.22 bits per heavy atom. The van der Waals surface area contributed by atoms with Crippen LogP contribution >= 0.6 is 0 Å². The summed E-state index contributed by atoms with van der Waals surface area (Å²) in [4.78, 5) is 23.8. The largest absolute Gasteiger partial charge is 0.480 e. The van der Waals surface area contributed by atoms with Crippen LogP contribution in [0.5, 0.6) is 0 Å². The molecule has 0 aliphatic carbocycles. The molecule has 0 fully saturated rings. The van der Waals surface area contributed by atoms with Gasteiger partial charge in [-0.2, -0.15) is 0 Å². The highest BCUT2D eigenvalue weighted by Crippen LogP contribution is 2.38. The van der Waals surface area contributed by atoms with E-state index < -0.39 is 45.1 Å². The molecule has 0 amide bonds. The highest BCUT2D eigenvalue weighted by atomic mass is 32.2. The Hall–Kier alpha value is -4.42. The van der Waals surface area contributed by atoms with E-state index in [-0.39, 0.29) is 31.9 Å². The molecule has 0 saturated carbocycles. The van der Waals surface area contributed by atoms with Crippen molar-refractivity contribution >= 4 is 54.1 Å². The lowest BCUT2D eigenvalue weighted by atomic mass is 10.1. The van der Waals surface area contributed by atoms with Gasteiger partial charge in [-0.3, -0.25) is 18.2 Å². The fourth-order valence-corrected chi connectivity index (χ4v) is 8.09. The Bertz CT molecular complexity index is 1770. The molecule has 4 aromatic rings. The number of hydrogen-bond donors (Lipinski definition) is 2. The standard InChI is InChI=1S/C34H38N2O8S2/c1-3-5-9-25-13-17-27(18-14-25)45(41,42)35(23-33(37)38)31-21-22-32(30-12-8-7-11-29(30)31)36(24-34(39)40)46(43,44)28-19-15-26(16-20-28)10-6-4-2/h7-8,11-22H,3-6,9-10,23-24H2,1-2H3,(H,37,38)(H,39,40). The van der Waals surface area contributed by atoms with Gasteiger partial charge in [0.05, 0.1) is 21.2 Å². The molecule has 12 heteroatoms. The molecule has 244 valence electrons. The smallest absolute Gasteiger partial charge is 0.324 e. The van der Waals surface area contributed by atoms with Crippen molar-refractivity contribution in [1.29, 1.82) is 0 Å². The first-order chi connectivity index (χ1) is 21.9. The molecule has 46 heavy (non-hydrogen) atoms. The number of aryl methyl sites for hydroxylation is 2. The molecule has 10 nitrogen and oxygen atoms in total. The number of anilines is 2. The summed E-state index contributed by atoms with van der Waals surface area (Å²) in [6.07, 6.45) is 5.39. The summed E-state index contributed by atoms with van der Waals surface area (Å²) in [5, 5.41) is 20.0. The number of aliphatic carboxylic acids is 2. The molecular formula is C34H38N2O8S2. The van der Waals surface area contributed by atoms with Crippen LogP contribution in [0.1, 0.15) is 50.7 Å². The molecule has 0 saturated heterocycles. The van der Waals surface area contributed by atoms with E-state index in [1.165, 1.54) is 36.4 Å². The Morgan fingerprint density at radius 2 is 0.913 bits per heavy atom. The highest BCUT2D eigenvalue weighted by Gasteiger charge is 2.32. The third-order valence-corrected chi connectivity index (χ3v) is 11.2. The molecule has 0 aliphatic rings. The average Bonchev–Trinajstić information content (AvgIpc) is 3.04. The molecule has 0 aromatic heterocycles. The first-order valence-electron chi connectivity index (χ1n) is 15.1. The third kappa shape index (κ3) is 7.68. The topological polar surface area (TPSA) is 149 Å². The molecule has 0 aliphatic heterocycles. The average molecular weight is 667 g/mol. The van der Waals surface area contributed by atoms with Crippen LogP contribution in [0.15, 0.2) is 94.7 Å². The van der Waals surface area contributed by atoms with Crippen LogP contribution in [-0.2, 0) is 42.5 Å². The second-order valence-electron chi connectivity index (χ2n) is 11.0. The monoisotopic (exact) mass is 666 g/mol. The van der Waals surface area contributed by atoms with Crippen molar-refractivity contribution in [3.63, 3.8) is 0 Å². The first kappa shape index (κ1) is 34.5. The normalized spacial score (nSPS) is 11.8. The molecular weight excluding hydrogens is 629 g/mol. The van der Waals surface area contributed by atoms with E-state index in [4.69, 9.17) is 0 Å². The van der Waals surface area contributed by atoms with Gasteiger partial charge in [-0.05, 0) is 73.2 Å². The van der Waals surface area contributed by atoms with E-state index in [0.717, 1.165) is 58.3 Å². The van der Waals surface area contributed by atoms with Gasteiger partial charge in [-0.25, -0.2) is 16.8 Å². The lowest BCUT2D eigenvalue weighted by Gasteiger charge is -2.28.